The van der Waals surface area contributed by atoms with Crippen LogP contribution in [0.25, 0.3) is 0 Å². The van der Waals surface area contributed by atoms with Gasteiger partial charge in [0.2, 0.25) is 0 Å². The van der Waals surface area contributed by atoms with Gasteiger partial charge in [-0.2, -0.15) is 0 Å². The number of hydrogen-bond donors (Lipinski definition) is 0. The molecular formula is C14H15FN2O2S. The van der Waals surface area contributed by atoms with Crippen LogP contribution in [-0.4, -0.2) is 29.4 Å². The molecule has 2 rings (SSSR count). The first-order valence-corrected chi connectivity index (χ1v) is 6.96. The number of rotatable bonds is 5. The Morgan fingerprint density at radius 1 is 1.40 bits per heavy atom. The van der Waals surface area contributed by atoms with E-state index >= 15 is 0 Å². The van der Waals surface area contributed by atoms with E-state index in [-0.39, 0.29) is 18.3 Å². The fourth-order valence-electron chi connectivity index (χ4n) is 1.60. The minimum absolute atomic E-state index is 0.0781. The Bertz CT molecular complexity index is 583. The van der Waals surface area contributed by atoms with Crippen molar-refractivity contribution in [3.8, 4) is 5.75 Å². The van der Waals surface area contributed by atoms with Crippen LogP contribution in [0.4, 0.5) is 4.39 Å². The average Bonchev–Trinajstić information content (AvgIpc) is 2.83. The van der Waals surface area contributed by atoms with Crippen LogP contribution in [0.15, 0.2) is 29.6 Å². The Kier molecular flexibility index (Phi) is 4.68. The highest BCUT2D eigenvalue weighted by atomic mass is 32.1. The van der Waals surface area contributed by atoms with E-state index in [4.69, 9.17) is 4.74 Å². The molecule has 0 aliphatic heterocycles. The SMILES string of the molecule is Cc1nc(CN(C)C(=O)COc2ccc(F)cc2)cs1. The molecule has 0 spiro atoms. The minimum Gasteiger partial charge on any atom is -0.484 e. The summed E-state index contributed by atoms with van der Waals surface area (Å²) in [4.78, 5) is 17.8. The molecular weight excluding hydrogens is 279 g/mol. The summed E-state index contributed by atoms with van der Waals surface area (Å²) in [5, 5.41) is 2.91. The van der Waals surface area contributed by atoms with Crippen molar-refractivity contribution in [1.82, 2.24) is 9.88 Å². The lowest BCUT2D eigenvalue weighted by atomic mass is 10.3. The van der Waals surface area contributed by atoms with E-state index in [9.17, 15) is 9.18 Å². The summed E-state index contributed by atoms with van der Waals surface area (Å²) >= 11 is 1.55. The van der Waals surface area contributed by atoms with Gasteiger partial charge >= 0.3 is 0 Å². The molecule has 1 aromatic carbocycles. The van der Waals surface area contributed by atoms with Crippen molar-refractivity contribution in [3.63, 3.8) is 0 Å². The van der Waals surface area contributed by atoms with Gasteiger partial charge in [-0.05, 0) is 31.2 Å². The molecule has 20 heavy (non-hydrogen) atoms. The van der Waals surface area contributed by atoms with Crippen LogP contribution in [0, 0.1) is 12.7 Å². The number of carbonyl (C=O) groups is 1. The molecule has 0 bridgehead atoms. The van der Waals surface area contributed by atoms with Crippen molar-refractivity contribution in [2.45, 2.75) is 13.5 Å². The predicted octanol–water partition coefficient (Wildman–Crippen LogP) is 2.63. The van der Waals surface area contributed by atoms with Crippen LogP contribution >= 0.6 is 11.3 Å². The zero-order valence-electron chi connectivity index (χ0n) is 11.3. The van der Waals surface area contributed by atoms with E-state index in [0.29, 0.717) is 12.3 Å². The maximum Gasteiger partial charge on any atom is 0.260 e. The van der Waals surface area contributed by atoms with Crippen LogP contribution in [0.5, 0.6) is 5.75 Å². The van der Waals surface area contributed by atoms with E-state index in [2.05, 4.69) is 4.98 Å². The van der Waals surface area contributed by atoms with Gasteiger partial charge in [0.05, 0.1) is 17.2 Å². The zero-order valence-corrected chi connectivity index (χ0v) is 12.1. The lowest BCUT2D eigenvalue weighted by Crippen LogP contribution is -2.31. The molecule has 2 aromatic rings. The Balaban J connectivity index is 1.83. The fraction of sp³-hybridized carbons (Fsp3) is 0.286. The number of thiazole rings is 1. The van der Waals surface area contributed by atoms with Crippen LogP contribution in [0.3, 0.4) is 0 Å². The van der Waals surface area contributed by atoms with Crippen molar-refractivity contribution in [3.05, 3.63) is 46.2 Å². The number of nitrogens with zero attached hydrogens (tertiary/aromatic N) is 2. The lowest BCUT2D eigenvalue weighted by Gasteiger charge is -2.16. The van der Waals surface area contributed by atoms with Gasteiger partial charge in [0.15, 0.2) is 6.61 Å². The van der Waals surface area contributed by atoms with Crippen molar-refractivity contribution in [2.75, 3.05) is 13.7 Å². The Morgan fingerprint density at radius 3 is 2.70 bits per heavy atom. The molecule has 0 saturated carbocycles. The maximum atomic E-state index is 12.7. The monoisotopic (exact) mass is 294 g/mol. The van der Waals surface area contributed by atoms with Crippen LogP contribution in [-0.2, 0) is 11.3 Å². The topological polar surface area (TPSA) is 42.4 Å². The van der Waals surface area contributed by atoms with Gasteiger partial charge in [0, 0.05) is 12.4 Å². The summed E-state index contributed by atoms with van der Waals surface area (Å²) < 4.78 is 18.0. The molecule has 1 aromatic heterocycles. The Labute approximate surface area is 120 Å². The fourth-order valence-corrected chi connectivity index (χ4v) is 2.20. The molecule has 4 nitrogen and oxygen atoms in total. The van der Waals surface area contributed by atoms with Gasteiger partial charge in [-0.1, -0.05) is 0 Å². The Hall–Kier alpha value is -1.95. The second-order valence-corrected chi connectivity index (χ2v) is 5.41. The summed E-state index contributed by atoms with van der Waals surface area (Å²) in [6.07, 6.45) is 0. The number of aromatic nitrogens is 1. The third-order valence-corrected chi connectivity index (χ3v) is 3.49. The highest BCUT2D eigenvalue weighted by Crippen LogP contribution is 2.12. The molecule has 0 atom stereocenters. The minimum atomic E-state index is -0.334. The van der Waals surface area contributed by atoms with Gasteiger partial charge in [-0.25, -0.2) is 9.37 Å². The van der Waals surface area contributed by atoms with Gasteiger partial charge in [0.25, 0.3) is 5.91 Å². The first kappa shape index (κ1) is 14.5. The summed E-state index contributed by atoms with van der Waals surface area (Å²) in [6, 6.07) is 5.57. The number of ether oxygens (including phenoxy) is 1. The summed E-state index contributed by atoms with van der Waals surface area (Å²) in [6.45, 7) is 2.30. The first-order valence-electron chi connectivity index (χ1n) is 6.08. The van der Waals surface area contributed by atoms with Crippen LogP contribution in [0.1, 0.15) is 10.7 Å². The van der Waals surface area contributed by atoms with Gasteiger partial charge < -0.3 is 9.64 Å². The van der Waals surface area contributed by atoms with E-state index in [1.165, 1.54) is 24.3 Å². The third kappa shape index (κ3) is 4.03. The van der Waals surface area contributed by atoms with Gasteiger partial charge in [-0.3, -0.25) is 4.79 Å². The molecule has 0 aliphatic rings. The second-order valence-electron chi connectivity index (χ2n) is 4.35. The average molecular weight is 294 g/mol. The number of halogens is 1. The lowest BCUT2D eigenvalue weighted by molar-refractivity contribution is -0.132. The number of likely N-dealkylation sites (N-methyl/N-ethyl adjacent to an activating group) is 1. The highest BCUT2D eigenvalue weighted by molar-refractivity contribution is 7.09. The molecule has 0 saturated heterocycles. The third-order valence-electron chi connectivity index (χ3n) is 2.67. The van der Waals surface area contributed by atoms with E-state index < -0.39 is 0 Å². The van der Waals surface area contributed by atoms with E-state index in [1.54, 1.807) is 23.3 Å². The zero-order chi connectivity index (χ0) is 14.5. The quantitative estimate of drug-likeness (QED) is 0.851. The van der Waals surface area contributed by atoms with Gasteiger partial charge in [-0.15, -0.1) is 11.3 Å². The molecule has 0 unspecified atom stereocenters. The molecule has 0 aliphatic carbocycles. The summed E-state index contributed by atoms with van der Waals surface area (Å²) in [7, 11) is 1.70. The second kappa shape index (κ2) is 6.47. The number of benzene rings is 1. The molecule has 1 heterocycles. The normalized spacial score (nSPS) is 10.3. The molecule has 0 radical (unpaired) electrons. The van der Waals surface area contributed by atoms with E-state index in [0.717, 1.165) is 10.7 Å². The largest absolute Gasteiger partial charge is 0.484 e. The first-order chi connectivity index (χ1) is 9.54. The molecule has 106 valence electrons. The number of carbonyl (C=O) groups excluding carboxylic acids is 1. The molecule has 6 heteroatoms. The van der Waals surface area contributed by atoms with E-state index in [1.807, 2.05) is 12.3 Å². The van der Waals surface area contributed by atoms with Crippen molar-refractivity contribution in [1.29, 1.82) is 0 Å². The Morgan fingerprint density at radius 2 is 2.10 bits per heavy atom. The molecule has 1 amide bonds. The smallest absolute Gasteiger partial charge is 0.260 e. The van der Waals surface area contributed by atoms with Gasteiger partial charge in [0.1, 0.15) is 11.6 Å². The van der Waals surface area contributed by atoms with Crippen LogP contribution < -0.4 is 4.74 Å². The standard InChI is InChI=1S/C14H15FN2O2S/c1-10-16-12(9-20-10)7-17(2)14(18)8-19-13-5-3-11(15)4-6-13/h3-6,9H,7-8H2,1-2H3. The predicted molar refractivity (Wildman–Crippen MR) is 75.2 cm³/mol. The molecule has 0 fully saturated rings. The molecule has 0 N–H and O–H groups in total. The highest BCUT2D eigenvalue weighted by Gasteiger charge is 2.11. The van der Waals surface area contributed by atoms with Crippen molar-refractivity contribution in [2.24, 2.45) is 0 Å². The maximum absolute atomic E-state index is 12.7. The van der Waals surface area contributed by atoms with Crippen molar-refractivity contribution >= 4 is 17.2 Å². The van der Waals surface area contributed by atoms with Crippen LogP contribution in [0.2, 0.25) is 0 Å². The summed E-state index contributed by atoms with van der Waals surface area (Å²) in [5.41, 5.74) is 0.866. The number of aryl methyl sites for hydroxylation is 1. The number of amides is 1. The number of hydrogen-bond acceptors (Lipinski definition) is 4. The van der Waals surface area contributed by atoms with Crippen molar-refractivity contribution < 1.29 is 13.9 Å². The summed E-state index contributed by atoms with van der Waals surface area (Å²) in [5.74, 6) is -0.0164.